The third-order valence-electron chi connectivity index (χ3n) is 6.52. The number of carbonyl (C=O) groups is 2. The Bertz CT molecular complexity index is 1600. The van der Waals surface area contributed by atoms with Gasteiger partial charge in [0.25, 0.3) is 11.7 Å². The molecule has 0 aliphatic carbocycles. The van der Waals surface area contributed by atoms with Gasteiger partial charge in [-0.25, -0.2) is 4.39 Å². The van der Waals surface area contributed by atoms with Crippen molar-refractivity contribution >= 4 is 23.1 Å². The first-order valence-corrected chi connectivity index (χ1v) is 13.2. The van der Waals surface area contributed by atoms with E-state index < -0.39 is 29.3 Å². The molecule has 1 aliphatic heterocycles. The van der Waals surface area contributed by atoms with Crippen LogP contribution >= 0.6 is 0 Å². The number of amides is 1. The highest BCUT2D eigenvalue weighted by Crippen LogP contribution is 2.44. The molecular weight excluding hydrogens is 525 g/mol. The molecule has 208 valence electrons. The fraction of sp³-hybridized carbons (Fsp3) is 0.152. The molecule has 5 rings (SSSR count). The fourth-order valence-electron chi connectivity index (χ4n) is 4.76. The number of ether oxygens (including phenoxy) is 3. The summed E-state index contributed by atoms with van der Waals surface area (Å²) < 4.78 is 31.2. The van der Waals surface area contributed by atoms with Gasteiger partial charge in [-0.1, -0.05) is 30.3 Å². The van der Waals surface area contributed by atoms with Crippen LogP contribution in [0.5, 0.6) is 23.0 Å². The summed E-state index contributed by atoms with van der Waals surface area (Å²) in [4.78, 5) is 28.3. The van der Waals surface area contributed by atoms with Crippen LogP contribution in [-0.2, 0) is 9.59 Å². The zero-order valence-corrected chi connectivity index (χ0v) is 22.5. The van der Waals surface area contributed by atoms with Crippen LogP contribution in [0.25, 0.3) is 5.76 Å². The van der Waals surface area contributed by atoms with Gasteiger partial charge in [-0.15, -0.1) is 0 Å². The van der Waals surface area contributed by atoms with E-state index in [-0.39, 0.29) is 11.1 Å². The van der Waals surface area contributed by atoms with Crippen LogP contribution < -0.4 is 19.1 Å². The van der Waals surface area contributed by atoms with Crippen molar-refractivity contribution in [2.24, 2.45) is 0 Å². The first-order valence-electron chi connectivity index (χ1n) is 13.2. The Morgan fingerprint density at radius 1 is 0.805 bits per heavy atom. The van der Waals surface area contributed by atoms with Crippen molar-refractivity contribution < 1.29 is 33.3 Å². The summed E-state index contributed by atoms with van der Waals surface area (Å²) in [6, 6.07) is 25.2. The summed E-state index contributed by atoms with van der Waals surface area (Å²) in [5.41, 5.74) is 0.895. The van der Waals surface area contributed by atoms with Crippen molar-refractivity contribution in [1.29, 1.82) is 0 Å². The van der Waals surface area contributed by atoms with Crippen LogP contribution in [0, 0.1) is 5.82 Å². The number of hydrogen-bond donors (Lipinski definition) is 1. The van der Waals surface area contributed by atoms with Gasteiger partial charge >= 0.3 is 0 Å². The molecule has 4 aromatic carbocycles. The molecule has 0 bridgehead atoms. The minimum absolute atomic E-state index is 0.138. The minimum atomic E-state index is -1.04. The lowest BCUT2D eigenvalue weighted by molar-refractivity contribution is -0.132. The van der Waals surface area contributed by atoms with E-state index in [0.29, 0.717) is 47.5 Å². The van der Waals surface area contributed by atoms with Crippen LogP contribution in [0.15, 0.2) is 103 Å². The molecule has 0 radical (unpaired) electrons. The van der Waals surface area contributed by atoms with Crippen LogP contribution in [0.1, 0.15) is 31.0 Å². The van der Waals surface area contributed by atoms with E-state index in [1.807, 2.05) is 25.1 Å². The van der Waals surface area contributed by atoms with Gasteiger partial charge < -0.3 is 19.3 Å². The number of hydrogen-bond acceptors (Lipinski definition) is 6. The Balaban J connectivity index is 1.68. The zero-order chi connectivity index (χ0) is 28.9. The summed E-state index contributed by atoms with van der Waals surface area (Å²) >= 11 is 0. The molecule has 41 heavy (non-hydrogen) atoms. The Kier molecular flexibility index (Phi) is 8.01. The molecule has 1 heterocycles. The number of aliphatic hydroxyl groups is 1. The monoisotopic (exact) mass is 553 g/mol. The average molecular weight is 554 g/mol. The quantitative estimate of drug-likeness (QED) is 0.136. The molecule has 0 saturated carbocycles. The van der Waals surface area contributed by atoms with Crippen molar-refractivity contribution in [1.82, 2.24) is 0 Å². The van der Waals surface area contributed by atoms with E-state index in [1.165, 1.54) is 29.2 Å². The molecule has 0 aromatic heterocycles. The maximum absolute atomic E-state index is 13.8. The second kappa shape index (κ2) is 12.0. The van der Waals surface area contributed by atoms with Gasteiger partial charge in [-0.2, -0.15) is 0 Å². The van der Waals surface area contributed by atoms with E-state index in [1.54, 1.807) is 61.5 Å². The number of rotatable bonds is 9. The molecule has 1 N–H and O–H groups in total. The highest BCUT2D eigenvalue weighted by atomic mass is 19.1. The first-order chi connectivity index (χ1) is 19.9. The van der Waals surface area contributed by atoms with Crippen LogP contribution in [0.4, 0.5) is 10.1 Å². The highest BCUT2D eigenvalue weighted by Gasteiger charge is 2.47. The number of benzene rings is 4. The normalized spacial score (nSPS) is 16.1. The number of anilines is 1. The molecule has 1 amide bonds. The molecule has 1 atom stereocenters. The summed E-state index contributed by atoms with van der Waals surface area (Å²) in [6.07, 6.45) is 0. The molecule has 0 spiro atoms. The van der Waals surface area contributed by atoms with Crippen LogP contribution in [0.2, 0.25) is 0 Å². The standard InChI is InChI=1S/C33H28FNO6/c1-3-39-25-17-18-27(28(20-25)40-4-2)31(36)29-30(35(33(38)32(29)37)23-15-13-22(34)14-16-23)21-9-8-12-26(19-21)41-24-10-6-5-7-11-24/h5-20,30,36H,3-4H2,1-2H3/b31-29+. The highest BCUT2D eigenvalue weighted by molar-refractivity contribution is 6.51. The third kappa shape index (κ3) is 5.63. The van der Waals surface area contributed by atoms with Crippen molar-refractivity contribution in [3.8, 4) is 23.0 Å². The molecule has 1 unspecified atom stereocenters. The second-order valence-corrected chi connectivity index (χ2v) is 9.16. The van der Waals surface area contributed by atoms with Gasteiger partial charge in [0.1, 0.15) is 34.6 Å². The van der Waals surface area contributed by atoms with E-state index in [0.717, 1.165) is 0 Å². The lowest BCUT2D eigenvalue weighted by Crippen LogP contribution is -2.29. The minimum Gasteiger partial charge on any atom is -0.507 e. The van der Waals surface area contributed by atoms with E-state index >= 15 is 0 Å². The largest absolute Gasteiger partial charge is 0.507 e. The summed E-state index contributed by atoms with van der Waals surface area (Å²) in [5, 5.41) is 11.6. The third-order valence-corrected chi connectivity index (χ3v) is 6.52. The zero-order valence-electron chi connectivity index (χ0n) is 22.5. The SMILES string of the molecule is CCOc1ccc(/C(O)=C2\C(=O)C(=O)N(c3ccc(F)cc3)C2c2cccc(Oc3ccccc3)c2)c(OCC)c1. The molecular formula is C33H28FNO6. The molecule has 1 aliphatic rings. The number of carbonyl (C=O) groups excluding carboxylic acids is 2. The van der Waals surface area contributed by atoms with Crippen molar-refractivity contribution in [2.75, 3.05) is 18.1 Å². The van der Waals surface area contributed by atoms with E-state index in [2.05, 4.69) is 0 Å². The molecule has 8 heteroatoms. The Hall–Kier alpha value is -5.11. The maximum Gasteiger partial charge on any atom is 0.300 e. The number of nitrogens with zero attached hydrogens (tertiary/aromatic N) is 1. The van der Waals surface area contributed by atoms with Crippen molar-refractivity contribution in [3.63, 3.8) is 0 Å². The van der Waals surface area contributed by atoms with E-state index in [9.17, 15) is 19.1 Å². The van der Waals surface area contributed by atoms with Crippen LogP contribution in [0.3, 0.4) is 0 Å². The molecule has 4 aromatic rings. The predicted octanol–water partition coefficient (Wildman–Crippen LogP) is 7.04. The number of ketones is 1. The van der Waals surface area contributed by atoms with Gasteiger partial charge in [-0.05, 0) is 80.1 Å². The number of para-hydroxylation sites is 1. The maximum atomic E-state index is 13.8. The Labute approximate surface area is 237 Å². The van der Waals surface area contributed by atoms with E-state index in [4.69, 9.17) is 14.2 Å². The molecule has 7 nitrogen and oxygen atoms in total. The second-order valence-electron chi connectivity index (χ2n) is 9.16. The number of aliphatic hydroxyl groups excluding tert-OH is 1. The first kappa shape index (κ1) is 27.5. The van der Waals surface area contributed by atoms with Gasteiger partial charge in [0.05, 0.1) is 30.4 Å². The van der Waals surface area contributed by atoms with Crippen LogP contribution in [-0.4, -0.2) is 30.0 Å². The van der Waals surface area contributed by atoms with Crippen molar-refractivity contribution in [2.45, 2.75) is 19.9 Å². The summed E-state index contributed by atoms with van der Waals surface area (Å²) in [7, 11) is 0. The fourth-order valence-corrected chi connectivity index (χ4v) is 4.76. The van der Waals surface area contributed by atoms with Gasteiger partial charge in [-0.3, -0.25) is 14.5 Å². The van der Waals surface area contributed by atoms with Gasteiger partial charge in [0, 0.05) is 11.8 Å². The average Bonchev–Trinajstić information content (AvgIpc) is 3.24. The molecule has 1 saturated heterocycles. The van der Waals surface area contributed by atoms with Gasteiger partial charge in [0.15, 0.2) is 0 Å². The number of halogens is 1. The topological polar surface area (TPSA) is 85.3 Å². The number of Topliss-reactive ketones (excluding diaryl/α,β-unsaturated/α-hetero) is 1. The lowest BCUT2D eigenvalue weighted by atomic mass is 9.94. The Morgan fingerprint density at radius 2 is 1.51 bits per heavy atom. The summed E-state index contributed by atoms with van der Waals surface area (Å²) in [6.45, 7) is 4.37. The Morgan fingerprint density at radius 3 is 2.22 bits per heavy atom. The predicted molar refractivity (Wildman–Crippen MR) is 153 cm³/mol. The van der Waals surface area contributed by atoms with Gasteiger partial charge in [0.2, 0.25) is 0 Å². The summed E-state index contributed by atoms with van der Waals surface area (Å²) in [5.74, 6) is -0.744. The lowest BCUT2D eigenvalue weighted by Gasteiger charge is -2.26. The van der Waals surface area contributed by atoms with Crippen molar-refractivity contribution in [3.05, 3.63) is 120 Å². The molecule has 1 fully saturated rings. The smallest absolute Gasteiger partial charge is 0.300 e.